The van der Waals surface area contributed by atoms with Gasteiger partial charge in [0.1, 0.15) is 11.6 Å². The van der Waals surface area contributed by atoms with Gasteiger partial charge in [-0.1, -0.05) is 13.8 Å². The monoisotopic (exact) mass is 239 g/mol. The molecule has 0 heterocycles. The number of halogens is 1. The average Bonchev–Trinajstić information content (AvgIpc) is 2.26. The maximum Gasteiger partial charge on any atom is 0.272 e. The SMILES string of the molecule is CCC(=O)C(C)Cc1cc(F)cc([N+](=O)[O-])c1. The van der Waals surface area contributed by atoms with E-state index in [4.69, 9.17) is 0 Å². The summed E-state index contributed by atoms with van der Waals surface area (Å²) in [7, 11) is 0. The van der Waals surface area contributed by atoms with Crippen molar-refractivity contribution in [2.75, 3.05) is 0 Å². The van der Waals surface area contributed by atoms with Gasteiger partial charge in [0.2, 0.25) is 0 Å². The van der Waals surface area contributed by atoms with Crippen LogP contribution < -0.4 is 0 Å². The molecule has 0 spiro atoms. The fourth-order valence-corrected chi connectivity index (χ4v) is 1.67. The summed E-state index contributed by atoms with van der Waals surface area (Å²) in [5.74, 6) is -0.830. The lowest BCUT2D eigenvalue weighted by Crippen LogP contribution is -2.12. The second-order valence-corrected chi connectivity index (χ2v) is 4.00. The predicted molar refractivity (Wildman–Crippen MR) is 61.2 cm³/mol. The first-order valence-electron chi connectivity index (χ1n) is 5.40. The quantitative estimate of drug-likeness (QED) is 0.586. The Morgan fingerprint density at radius 2 is 2.12 bits per heavy atom. The van der Waals surface area contributed by atoms with Crippen LogP contribution in [0.25, 0.3) is 0 Å². The number of hydrogen-bond donors (Lipinski definition) is 0. The van der Waals surface area contributed by atoms with Gasteiger partial charge in [0.05, 0.1) is 11.0 Å². The summed E-state index contributed by atoms with van der Waals surface area (Å²) in [6.45, 7) is 3.50. The van der Waals surface area contributed by atoms with Crippen LogP contribution in [-0.2, 0) is 11.2 Å². The largest absolute Gasteiger partial charge is 0.299 e. The molecule has 0 bridgehead atoms. The fraction of sp³-hybridized carbons (Fsp3) is 0.417. The Bertz CT molecular complexity index is 445. The number of rotatable bonds is 5. The van der Waals surface area contributed by atoms with E-state index in [0.29, 0.717) is 18.4 Å². The molecule has 0 saturated carbocycles. The Balaban J connectivity index is 2.91. The van der Waals surface area contributed by atoms with Crippen LogP contribution in [0.15, 0.2) is 18.2 Å². The van der Waals surface area contributed by atoms with E-state index in [1.807, 2.05) is 0 Å². The fourth-order valence-electron chi connectivity index (χ4n) is 1.67. The van der Waals surface area contributed by atoms with Gasteiger partial charge in [-0.25, -0.2) is 4.39 Å². The van der Waals surface area contributed by atoms with Crippen LogP contribution in [0.3, 0.4) is 0 Å². The highest BCUT2D eigenvalue weighted by Gasteiger charge is 2.15. The Labute approximate surface area is 98.6 Å². The molecule has 0 fully saturated rings. The molecule has 1 aromatic rings. The van der Waals surface area contributed by atoms with Crippen molar-refractivity contribution in [3.8, 4) is 0 Å². The van der Waals surface area contributed by atoms with Crippen LogP contribution in [-0.4, -0.2) is 10.7 Å². The summed E-state index contributed by atoms with van der Waals surface area (Å²) >= 11 is 0. The van der Waals surface area contributed by atoms with E-state index in [-0.39, 0.29) is 17.4 Å². The molecule has 0 aliphatic carbocycles. The van der Waals surface area contributed by atoms with Crippen LogP contribution in [0.1, 0.15) is 25.8 Å². The maximum atomic E-state index is 13.1. The molecule has 0 amide bonds. The van der Waals surface area contributed by atoms with E-state index in [0.717, 1.165) is 6.07 Å². The zero-order valence-corrected chi connectivity index (χ0v) is 9.77. The van der Waals surface area contributed by atoms with Gasteiger partial charge in [-0.2, -0.15) is 0 Å². The number of ketones is 1. The predicted octanol–water partition coefficient (Wildman–Crippen LogP) is 2.89. The van der Waals surface area contributed by atoms with Gasteiger partial charge in [0.15, 0.2) is 0 Å². The summed E-state index contributed by atoms with van der Waals surface area (Å²) in [5.41, 5.74) is 0.196. The molecule has 1 aromatic carbocycles. The zero-order chi connectivity index (χ0) is 13.0. The van der Waals surface area contributed by atoms with Crippen molar-refractivity contribution in [3.63, 3.8) is 0 Å². The van der Waals surface area contributed by atoms with E-state index in [1.54, 1.807) is 13.8 Å². The molecular formula is C12H14FNO3. The molecule has 1 atom stereocenters. The van der Waals surface area contributed by atoms with Crippen molar-refractivity contribution in [1.29, 1.82) is 0 Å². The number of carbonyl (C=O) groups excluding carboxylic acids is 1. The summed E-state index contributed by atoms with van der Waals surface area (Å²) < 4.78 is 13.1. The van der Waals surface area contributed by atoms with Crippen molar-refractivity contribution in [1.82, 2.24) is 0 Å². The number of hydrogen-bond acceptors (Lipinski definition) is 3. The molecule has 0 aromatic heterocycles. The third-order valence-corrected chi connectivity index (χ3v) is 2.59. The van der Waals surface area contributed by atoms with Crippen molar-refractivity contribution in [3.05, 3.63) is 39.7 Å². The van der Waals surface area contributed by atoms with E-state index < -0.39 is 10.7 Å². The smallest absolute Gasteiger partial charge is 0.272 e. The Morgan fingerprint density at radius 1 is 1.47 bits per heavy atom. The minimum Gasteiger partial charge on any atom is -0.299 e. The van der Waals surface area contributed by atoms with Crippen LogP contribution in [0.2, 0.25) is 0 Å². The molecule has 0 N–H and O–H groups in total. The van der Waals surface area contributed by atoms with Gasteiger partial charge in [-0.3, -0.25) is 14.9 Å². The molecule has 0 aliphatic heterocycles. The first-order chi connectivity index (χ1) is 7.93. The Kier molecular flexibility index (Phi) is 4.31. The van der Waals surface area contributed by atoms with Crippen molar-refractivity contribution in [2.45, 2.75) is 26.7 Å². The summed E-state index contributed by atoms with van der Waals surface area (Å²) in [4.78, 5) is 21.3. The number of non-ortho nitro benzene ring substituents is 1. The first kappa shape index (κ1) is 13.3. The number of nitrogens with zero attached hydrogens (tertiary/aromatic N) is 1. The van der Waals surface area contributed by atoms with E-state index in [1.165, 1.54) is 12.1 Å². The minimum absolute atomic E-state index is 0.0666. The lowest BCUT2D eigenvalue weighted by molar-refractivity contribution is -0.385. The van der Waals surface area contributed by atoms with Gasteiger partial charge in [-0.05, 0) is 18.1 Å². The van der Waals surface area contributed by atoms with Crippen molar-refractivity contribution in [2.24, 2.45) is 5.92 Å². The number of Topliss-reactive ketones (excluding diaryl/α,β-unsaturated/α-hetero) is 1. The first-order valence-corrected chi connectivity index (χ1v) is 5.40. The van der Waals surface area contributed by atoms with Crippen LogP contribution >= 0.6 is 0 Å². The van der Waals surface area contributed by atoms with Crippen LogP contribution in [0.5, 0.6) is 0 Å². The minimum atomic E-state index is -0.648. The Morgan fingerprint density at radius 3 is 2.65 bits per heavy atom. The number of benzene rings is 1. The Hall–Kier alpha value is -1.78. The van der Waals surface area contributed by atoms with Crippen LogP contribution in [0.4, 0.5) is 10.1 Å². The molecule has 1 rings (SSSR count). The standard InChI is InChI=1S/C12H14FNO3/c1-3-12(15)8(2)4-9-5-10(13)7-11(6-9)14(16)17/h5-8H,3-4H2,1-2H3. The summed E-state index contributed by atoms with van der Waals surface area (Å²) in [5, 5.41) is 10.6. The molecule has 92 valence electrons. The molecule has 17 heavy (non-hydrogen) atoms. The van der Waals surface area contributed by atoms with E-state index >= 15 is 0 Å². The molecule has 0 saturated heterocycles. The highest BCUT2D eigenvalue weighted by molar-refractivity contribution is 5.80. The van der Waals surface area contributed by atoms with Crippen LogP contribution in [0, 0.1) is 21.8 Å². The van der Waals surface area contributed by atoms with Crippen molar-refractivity contribution < 1.29 is 14.1 Å². The topological polar surface area (TPSA) is 60.2 Å². The molecule has 0 aliphatic rings. The van der Waals surface area contributed by atoms with Gasteiger partial charge >= 0.3 is 0 Å². The lowest BCUT2D eigenvalue weighted by atomic mass is 9.95. The normalized spacial score (nSPS) is 12.2. The molecule has 0 radical (unpaired) electrons. The lowest BCUT2D eigenvalue weighted by Gasteiger charge is -2.08. The second-order valence-electron chi connectivity index (χ2n) is 4.00. The zero-order valence-electron chi connectivity index (χ0n) is 9.77. The van der Waals surface area contributed by atoms with E-state index in [9.17, 15) is 19.3 Å². The van der Waals surface area contributed by atoms with Crippen molar-refractivity contribution >= 4 is 11.5 Å². The number of nitro groups is 1. The third kappa shape index (κ3) is 3.62. The van der Waals surface area contributed by atoms with Gasteiger partial charge < -0.3 is 0 Å². The number of nitro benzene ring substituents is 1. The maximum absolute atomic E-state index is 13.1. The molecule has 5 heteroatoms. The van der Waals surface area contributed by atoms with Gasteiger partial charge in [0.25, 0.3) is 5.69 Å². The highest BCUT2D eigenvalue weighted by atomic mass is 19.1. The second kappa shape index (κ2) is 5.52. The summed E-state index contributed by atoms with van der Waals surface area (Å²) in [6.07, 6.45) is 0.740. The third-order valence-electron chi connectivity index (χ3n) is 2.59. The average molecular weight is 239 g/mol. The molecule has 4 nitrogen and oxygen atoms in total. The highest BCUT2D eigenvalue weighted by Crippen LogP contribution is 2.19. The number of carbonyl (C=O) groups is 1. The van der Waals surface area contributed by atoms with E-state index in [2.05, 4.69) is 0 Å². The van der Waals surface area contributed by atoms with Gasteiger partial charge in [0, 0.05) is 18.4 Å². The molecule has 1 unspecified atom stereocenters. The molecular weight excluding hydrogens is 225 g/mol. The van der Waals surface area contributed by atoms with Gasteiger partial charge in [-0.15, -0.1) is 0 Å². The summed E-state index contributed by atoms with van der Waals surface area (Å²) in [6, 6.07) is 3.41.